The lowest BCUT2D eigenvalue weighted by Crippen LogP contribution is -2.28. The van der Waals surface area contributed by atoms with Crippen LogP contribution in [0, 0.1) is 6.92 Å². The Balaban J connectivity index is 1.41. The maximum atomic E-state index is 12.8. The topological polar surface area (TPSA) is 124 Å². The van der Waals surface area contributed by atoms with E-state index in [0.29, 0.717) is 33.3 Å². The predicted molar refractivity (Wildman–Crippen MR) is 140 cm³/mol. The standard InChI is InChI=1S/C26H21BrN8O/c1-14-22(30-12-11-29-14)26(36)33-19-7-4-15-13-16(5-6-17(15)19)35-24(18-3-2-10-31-23(18)28)32-20-8-9-21(27)34-25(20)35/h2-3,5-6,8-13,19H,4,7H2,1H3,(H2,28,31)(H,33,36)/t19-/m0/s1. The number of aromatic nitrogens is 6. The molecule has 0 radical (unpaired) electrons. The van der Waals surface area contributed by atoms with Crippen molar-refractivity contribution >= 4 is 38.8 Å². The number of hydrogen-bond acceptors (Lipinski definition) is 7. The van der Waals surface area contributed by atoms with Gasteiger partial charge in [0.1, 0.15) is 21.6 Å². The predicted octanol–water partition coefficient (Wildman–Crippen LogP) is 4.34. The maximum Gasteiger partial charge on any atom is 0.272 e. The Labute approximate surface area is 215 Å². The number of anilines is 1. The Morgan fingerprint density at radius 3 is 2.78 bits per heavy atom. The van der Waals surface area contributed by atoms with E-state index in [9.17, 15) is 4.79 Å². The molecule has 3 N–H and O–H groups in total. The number of pyridine rings is 2. The lowest BCUT2D eigenvalue weighted by atomic mass is 10.1. The van der Waals surface area contributed by atoms with Crippen LogP contribution in [0.1, 0.15) is 39.8 Å². The Bertz CT molecular complexity index is 1650. The highest BCUT2D eigenvalue weighted by atomic mass is 79.9. The minimum Gasteiger partial charge on any atom is -0.383 e. The molecule has 36 heavy (non-hydrogen) atoms. The van der Waals surface area contributed by atoms with Crippen LogP contribution < -0.4 is 11.1 Å². The number of nitrogens with zero attached hydrogens (tertiary/aromatic N) is 6. The second kappa shape index (κ2) is 8.80. The summed E-state index contributed by atoms with van der Waals surface area (Å²) in [6.45, 7) is 1.78. The molecule has 1 atom stereocenters. The Morgan fingerprint density at radius 1 is 1.08 bits per heavy atom. The molecule has 1 aliphatic carbocycles. The lowest BCUT2D eigenvalue weighted by Gasteiger charge is -2.16. The van der Waals surface area contributed by atoms with Crippen LogP contribution in [0.5, 0.6) is 0 Å². The summed E-state index contributed by atoms with van der Waals surface area (Å²) in [6, 6.07) is 13.7. The molecule has 0 fully saturated rings. The highest BCUT2D eigenvalue weighted by Gasteiger charge is 2.27. The molecule has 178 valence electrons. The number of aryl methyl sites for hydroxylation is 2. The van der Waals surface area contributed by atoms with Gasteiger partial charge in [-0.25, -0.2) is 19.9 Å². The number of hydrogen-bond donors (Lipinski definition) is 2. The highest BCUT2D eigenvalue weighted by molar-refractivity contribution is 9.10. The number of amides is 1. The normalized spacial score (nSPS) is 14.7. The molecule has 0 bridgehead atoms. The highest BCUT2D eigenvalue weighted by Crippen LogP contribution is 2.36. The van der Waals surface area contributed by atoms with Crippen molar-refractivity contribution in [3.8, 4) is 17.1 Å². The van der Waals surface area contributed by atoms with E-state index in [1.165, 1.54) is 6.20 Å². The minimum absolute atomic E-state index is 0.0943. The fourth-order valence-electron chi connectivity index (χ4n) is 4.72. The quantitative estimate of drug-likeness (QED) is 0.324. The van der Waals surface area contributed by atoms with Gasteiger partial charge in [0.2, 0.25) is 0 Å². The first kappa shape index (κ1) is 22.3. The lowest BCUT2D eigenvalue weighted by molar-refractivity contribution is 0.0930. The molecule has 1 aromatic carbocycles. The number of imidazole rings is 1. The average Bonchev–Trinajstić information content (AvgIpc) is 3.45. The summed E-state index contributed by atoms with van der Waals surface area (Å²) in [4.78, 5) is 35.0. The van der Waals surface area contributed by atoms with Crippen LogP contribution in [-0.4, -0.2) is 35.4 Å². The van der Waals surface area contributed by atoms with Gasteiger partial charge in [0.05, 0.1) is 17.3 Å². The summed E-state index contributed by atoms with van der Waals surface area (Å²) < 4.78 is 2.72. The third-order valence-corrected chi connectivity index (χ3v) is 6.86. The molecule has 10 heteroatoms. The van der Waals surface area contributed by atoms with Gasteiger partial charge in [-0.2, -0.15) is 0 Å². The number of rotatable bonds is 4. The molecular formula is C26H21BrN8O. The van der Waals surface area contributed by atoms with Crippen molar-refractivity contribution in [2.45, 2.75) is 25.8 Å². The van der Waals surface area contributed by atoms with Gasteiger partial charge in [0, 0.05) is 24.3 Å². The van der Waals surface area contributed by atoms with E-state index >= 15 is 0 Å². The number of benzene rings is 1. The summed E-state index contributed by atoms with van der Waals surface area (Å²) in [6.07, 6.45) is 6.42. The largest absolute Gasteiger partial charge is 0.383 e. The van der Waals surface area contributed by atoms with E-state index in [-0.39, 0.29) is 11.9 Å². The molecule has 0 aliphatic heterocycles. The monoisotopic (exact) mass is 540 g/mol. The smallest absolute Gasteiger partial charge is 0.272 e. The Hall–Kier alpha value is -4.18. The van der Waals surface area contributed by atoms with E-state index in [4.69, 9.17) is 15.7 Å². The van der Waals surface area contributed by atoms with Gasteiger partial charge >= 0.3 is 0 Å². The summed E-state index contributed by atoms with van der Waals surface area (Å²) in [5.41, 5.74) is 12.5. The van der Waals surface area contributed by atoms with Crippen LogP contribution in [-0.2, 0) is 6.42 Å². The van der Waals surface area contributed by atoms with Crippen molar-refractivity contribution in [2.75, 3.05) is 5.73 Å². The third-order valence-electron chi connectivity index (χ3n) is 6.41. The van der Waals surface area contributed by atoms with Crippen LogP contribution in [0.25, 0.3) is 28.2 Å². The van der Waals surface area contributed by atoms with Gasteiger partial charge in [-0.05, 0) is 83.2 Å². The average molecular weight is 541 g/mol. The van der Waals surface area contributed by atoms with Crippen LogP contribution in [0.15, 0.2) is 65.7 Å². The molecule has 1 aliphatic rings. The zero-order chi connectivity index (χ0) is 24.8. The van der Waals surface area contributed by atoms with Crippen LogP contribution in [0.2, 0.25) is 0 Å². The van der Waals surface area contributed by atoms with E-state index in [1.54, 1.807) is 19.3 Å². The van der Waals surface area contributed by atoms with Crippen molar-refractivity contribution in [3.05, 3.63) is 88.2 Å². The molecule has 4 heterocycles. The molecule has 9 nitrogen and oxygen atoms in total. The summed E-state index contributed by atoms with van der Waals surface area (Å²) in [7, 11) is 0. The van der Waals surface area contributed by atoms with Crippen LogP contribution in [0.3, 0.4) is 0 Å². The fourth-order valence-corrected chi connectivity index (χ4v) is 5.02. The Kier molecular flexibility index (Phi) is 5.45. The van der Waals surface area contributed by atoms with E-state index in [2.05, 4.69) is 48.3 Å². The first-order valence-electron chi connectivity index (χ1n) is 11.5. The number of carbonyl (C=O) groups excluding carboxylic acids is 1. The van der Waals surface area contributed by atoms with Gasteiger partial charge < -0.3 is 11.1 Å². The van der Waals surface area contributed by atoms with Gasteiger partial charge in [0.15, 0.2) is 11.5 Å². The van der Waals surface area contributed by atoms with Crippen LogP contribution >= 0.6 is 15.9 Å². The minimum atomic E-state index is -0.216. The Morgan fingerprint density at radius 2 is 1.94 bits per heavy atom. The van der Waals surface area contributed by atoms with Crippen molar-refractivity contribution in [2.24, 2.45) is 0 Å². The SMILES string of the molecule is Cc1nccnc1C(=O)N[C@H]1CCc2cc(-n3c(-c4cccnc4N)nc4ccc(Br)nc43)ccc21. The summed E-state index contributed by atoms with van der Waals surface area (Å²) in [5, 5.41) is 3.12. The first-order chi connectivity index (χ1) is 17.5. The molecule has 4 aromatic heterocycles. The number of fused-ring (bicyclic) bond motifs is 2. The van der Waals surface area contributed by atoms with Crippen molar-refractivity contribution < 1.29 is 4.79 Å². The zero-order valence-corrected chi connectivity index (χ0v) is 20.9. The molecule has 6 rings (SSSR count). The van der Waals surface area contributed by atoms with E-state index < -0.39 is 0 Å². The zero-order valence-electron chi connectivity index (χ0n) is 19.3. The molecule has 0 unspecified atom stereocenters. The number of nitrogens with one attached hydrogen (secondary N) is 1. The number of nitrogen functional groups attached to an aromatic ring is 1. The third kappa shape index (κ3) is 3.79. The second-order valence-corrected chi connectivity index (χ2v) is 9.43. The van der Waals surface area contributed by atoms with Crippen molar-refractivity contribution in [3.63, 3.8) is 0 Å². The van der Waals surface area contributed by atoms with Gasteiger partial charge in [-0.15, -0.1) is 0 Å². The van der Waals surface area contributed by atoms with Gasteiger partial charge in [0.25, 0.3) is 5.91 Å². The van der Waals surface area contributed by atoms with Gasteiger partial charge in [-0.3, -0.25) is 14.3 Å². The van der Waals surface area contributed by atoms with E-state index in [0.717, 1.165) is 40.7 Å². The number of halogens is 1. The number of nitrogens with two attached hydrogens (primary N) is 1. The fraction of sp³-hybridized carbons (Fsp3) is 0.154. The molecule has 1 amide bonds. The summed E-state index contributed by atoms with van der Waals surface area (Å²) >= 11 is 3.48. The molecule has 5 aromatic rings. The maximum absolute atomic E-state index is 12.8. The van der Waals surface area contributed by atoms with Crippen LogP contribution in [0.4, 0.5) is 5.82 Å². The molecule has 0 saturated carbocycles. The molecule has 0 saturated heterocycles. The number of carbonyl (C=O) groups is 1. The second-order valence-electron chi connectivity index (χ2n) is 8.62. The first-order valence-corrected chi connectivity index (χ1v) is 12.3. The summed E-state index contributed by atoms with van der Waals surface area (Å²) in [5.74, 6) is 0.852. The van der Waals surface area contributed by atoms with Crippen molar-refractivity contribution in [1.29, 1.82) is 0 Å². The molecule has 0 spiro atoms. The van der Waals surface area contributed by atoms with Crippen molar-refractivity contribution in [1.82, 2.24) is 34.8 Å². The van der Waals surface area contributed by atoms with E-state index in [1.807, 2.05) is 34.9 Å². The molecular weight excluding hydrogens is 520 g/mol. The van der Waals surface area contributed by atoms with Gasteiger partial charge in [-0.1, -0.05) is 6.07 Å².